The predicted octanol–water partition coefficient (Wildman–Crippen LogP) is 1.77. The molecule has 0 saturated heterocycles. The monoisotopic (exact) mass is 154 g/mol. The molecule has 1 rings (SSSR count). The lowest BCUT2D eigenvalue weighted by Gasteiger charge is -1.90. The molecule has 11 heavy (non-hydrogen) atoms. The topological polar surface area (TPSA) is 39.4 Å². The molecule has 0 spiro atoms. The summed E-state index contributed by atoms with van der Waals surface area (Å²) in [6.07, 6.45) is 1.90. The van der Waals surface area contributed by atoms with Crippen LogP contribution in [-0.2, 0) is 11.2 Å². The van der Waals surface area contributed by atoms with Gasteiger partial charge in [-0.05, 0) is 12.5 Å². The van der Waals surface area contributed by atoms with Crippen LogP contribution in [0.1, 0.15) is 19.1 Å². The minimum atomic E-state index is 0.267. The Labute approximate surface area is 65.0 Å². The second-order valence-corrected chi connectivity index (χ2v) is 2.18. The van der Waals surface area contributed by atoms with Crippen LogP contribution in [0.15, 0.2) is 16.5 Å². The Morgan fingerprint density at radius 3 is 3.09 bits per heavy atom. The third-order valence-corrected chi connectivity index (χ3v) is 1.30. The van der Waals surface area contributed by atoms with E-state index in [1.807, 2.05) is 6.07 Å². The van der Waals surface area contributed by atoms with Gasteiger partial charge in [0, 0.05) is 12.5 Å². The van der Waals surface area contributed by atoms with Crippen molar-refractivity contribution < 1.29 is 13.9 Å². The first-order chi connectivity index (χ1) is 5.36. The molecule has 0 unspecified atom stereocenters. The molecule has 0 radical (unpaired) electrons. The lowest BCUT2D eigenvalue weighted by atomic mass is 10.3. The van der Waals surface area contributed by atoms with Gasteiger partial charge in [0.2, 0.25) is 0 Å². The van der Waals surface area contributed by atoms with Gasteiger partial charge in [-0.1, -0.05) is 6.92 Å². The molecule has 0 aromatic carbocycles. The van der Waals surface area contributed by atoms with Crippen LogP contribution in [0.2, 0.25) is 0 Å². The smallest absolute Gasteiger partial charge is 0.300 e. The largest absolute Gasteiger partial charge is 0.430 e. The standard InChI is InChI=1S/C8H10O3/c1-2-3-7-4-5-8(11-7)10-6-9/h4-6H,2-3H2,1H3. The van der Waals surface area contributed by atoms with Gasteiger partial charge in [0.1, 0.15) is 5.76 Å². The third-order valence-electron chi connectivity index (χ3n) is 1.30. The van der Waals surface area contributed by atoms with Gasteiger partial charge >= 0.3 is 6.47 Å². The predicted molar refractivity (Wildman–Crippen MR) is 39.4 cm³/mol. The van der Waals surface area contributed by atoms with Crippen LogP contribution in [0.4, 0.5) is 0 Å². The minimum Gasteiger partial charge on any atom is -0.430 e. The Hall–Kier alpha value is -1.25. The first kappa shape index (κ1) is 7.85. The van der Waals surface area contributed by atoms with Crippen molar-refractivity contribution in [3.63, 3.8) is 0 Å². The van der Waals surface area contributed by atoms with Crippen LogP contribution in [0.5, 0.6) is 5.95 Å². The summed E-state index contributed by atoms with van der Waals surface area (Å²) in [5.74, 6) is 1.12. The van der Waals surface area contributed by atoms with Gasteiger partial charge in [-0.25, -0.2) is 0 Å². The minimum absolute atomic E-state index is 0.267. The first-order valence-electron chi connectivity index (χ1n) is 3.56. The number of hydrogen-bond acceptors (Lipinski definition) is 3. The fraction of sp³-hybridized carbons (Fsp3) is 0.375. The van der Waals surface area contributed by atoms with Crippen LogP contribution < -0.4 is 4.74 Å². The molecule has 1 aromatic rings. The summed E-state index contributed by atoms with van der Waals surface area (Å²) in [6, 6.07) is 3.45. The van der Waals surface area contributed by atoms with Gasteiger partial charge < -0.3 is 9.15 Å². The second kappa shape index (κ2) is 3.81. The van der Waals surface area contributed by atoms with Crippen molar-refractivity contribution in [2.45, 2.75) is 19.8 Å². The average Bonchev–Trinajstić information content (AvgIpc) is 2.38. The van der Waals surface area contributed by atoms with Gasteiger partial charge in [-0.3, -0.25) is 4.79 Å². The Morgan fingerprint density at radius 1 is 1.64 bits per heavy atom. The molecule has 0 aliphatic carbocycles. The van der Waals surface area contributed by atoms with E-state index in [1.165, 1.54) is 0 Å². The van der Waals surface area contributed by atoms with Gasteiger partial charge in [-0.15, -0.1) is 0 Å². The van der Waals surface area contributed by atoms with Gasteiger partial charge in [0.25, 0.3) is 5.95 Å². The van der Waals surface area contributed by atoms with E-state index in [0.717, 1.165) is 18.6 Å². The number of rotatable bonds is 4. The molecule has 0 bridgehead atoms. The maximum atomic E-state index is 9.86. The van der Waals surface area contributed by atoms with Gasteiger partial charge in [-0.2, -0.15) is 0 Å². The van der Waals surface area contributed by atoms with Crippen molar-refractivity contribution in [2.24, 2.45) is 0 Å². The van der Waals surface area contributed by atoms with Crippen LogP contribution in [0.3, 0.4) is 0 Å². The van der Waals surface area contributed by atoms with Crippen LogP contribution in [-0.4, -0.2) is 6.47 Å². The number of aryl methyl sites for hydroxylation is 1. The molecule has 0 N–H and O–H groups in total. The van der Waals surface area contributed by atoms with Crippen molar-refractivity contribution >= 4 is 6.47 Å². The summed E-state index contributed by atoms with van der Waals surface area (Å²) < 4.78 is 9.60. The Kier molecular flexibility index (Phi) is 2.72. The molecular weight excluding hydrogens is 144 g/mol. The first-order valence-corrected chi connectivity index (χ1v) is 3.56. The molecule has 1 aromatic heterocycles. The lowest BCUT2D eigenvalue weighted by molar-refractivity contribution is -0.121. The summed E-state index contributed by atoms with van der Waals surface area (Å²) in [5, 5.41) is 0. The fourth-order valence-corrected chi connectivity index (χ4v) is 0.850. The maximum absolute atomic E-state index is 9.86. The normalized spacial score (nSPS) is 9.55. The number of ether oxygens (including phenoxy) is 1. The average molecular weight is 154 g/mol. The van der Waals surface area contributed by atoms with Crippen LogP contribution in [0.25, 0.3) is 0 Å². The van der Waals surface area contributed by atoms with E-state index in [2.05, 4.69) is 11.7 Å². The molecule has 0 atom stereocenters. The molecule has 60 valence electrons. The van der Waals surface area contributed by atoms with Crippen molar-refractivity contribution in [3.05, 3.63) is 17.9 Å². The SMILES string of the molecule is CCCc1ccc(OC=O)o1. The molecular formula is C8H10O3. The zero-order chi connectivity index (χ0) is 8.10. The van der Waals surface area contributed by atoms with E-state index in [0.29, 0.717) is 6.47 Å². The van der Waals surface area contributed by atoms with E-state index < -0.39 is 0 Å². The van der Waals surface area contributed by atoms with E-state index in [1.54, 1.807) is 6.07 Å². The van der Waals surface area contributed by atoms with Crippen molar-refractivity contribution in [3.8, 4) is 5.95 Å². The molecule has 3 nitrogen and oxygen atoms in total. The summed E-state index contributed by atoms with van der Waals surface area (Å²) in [5.41, 5.74) is 0. The molecule has 0 fully saturated rings. The summed E-state index contributed by atoms with van der Waals surface area (Å²) >= 11 is 0. The number of carbonyl (C=O) groups is 1. The highest BCUT2D eigenvalue weighted by Crippen LogP contribution is 2.16. The van der Waals surface area contributed by atoms with E-state index in [-0.39, 0.29) is 5.95 Å². The molecule has 0 saturated carbocycles. The van der Waals surface area contributed by atoms with Gasteiger partial charge in [0.05, 0.1) is 0 Å². The van der Waals surface area contributed by atoms with Crippen LogP contribution >= 0.6 is 0 Å². The zero-order valence-corrected chi connectivity index (χ0v) is 6.37. The van der Waals surface area contributed by atoms with Crippen LogP contribution in [0, 0.1) is 0 Å². The maximum Gasteiger partial charge on any atom is 0.300 e. The van der Waals surface area contributed by atoms with Crippen molar-refractivity contribution in [2.75, 3.05) is 0 Å². The Bertz CT molecular complexity index is 227. The molecule has 0 aliphatic heterocycles. The van der Waals surface area contributed by atoms with Crippen molar-refractivity contribution in [1.82, 2.24) is 0 Å². The highest BCUT2D eigenvalue weighted by Gasteiger charge is 1.99. The summed E-state index contributed by atoms with van der Waals surface area (Å²) in [6.45, 7) is 2.41. The number of carbonyl (C=O) groups excluding carboxylic acids is 1. The van der Waals surface area contributed by atoms with E-state index in [9.17, 15) is 4.79 Å². The van der Waals surface area contributed by atoms with E-state index in [4.69, 9.17) is 4.42 Å². The zero-order valence-electron chi connectivity index (χ0n) is 6.37. The molecule has 0 amide bonds. The Balaban J connectivity index is 2.57. The highest BCUT2D eigenvalue weighted by molar-refractivity contribution is 5.42. The summed E-state index contributed by atoms with van der Waals surface area (Å²) in [4.78, 5) is 9.86. The Morgan fingerprint density at radius 2 is 2.45 bits per heavy atom. The van der Waals surface area contributed by atoms with Gasteiger partial charge in [0.15, 0.2) is 0 Å². The lowest BCUT2D eigenvalue weighted by Crippen LogP contribution is -1.84. The quantitative estimate of drug-likeness (QED) is 0.620. The van der Waals surface area contributed by atoms with Crippen molar-refractivity contribution in [1.29, 1.82) is 0 Å². The molecule has 1 heterocycles. The van der Waals surface area contributed by atoms with E-state index >= 15 is 0 Å². The second-order valence-electron chi connectivity index (χ2n) is 2.18. The number of furan rings is 1. The summed E-state index contributed by atoms with van der Waals surface area (Å²) in [7, 11) is 0. The number of hydrogen-bond donors (Lipinski definition) is 0. The third kappa shape index (κ3) is 2.11. The fourth-order valence-electron chi connectivity index (χ4n) is 0.850. The molecule has 3 heteroatoms. The highest BCUT2D eigenvalue weighted by atomic mass is 16.6. The molecule has 0 aliphatic rings.